The first-order valence-corrected chi connectivity index (χ1v) is 10.4. The standard InChI is InChI=1S/C21H22N2O7S/c1-4-30-20(27)17-13(10-9-12-7-5-6-8-14(12)29-3)16-18(26)22(2)21(28)23(11-15(24)25)19(16)31-17/h5-8H,4,9-11H2,1-3H3,(H,24,25). The van der Waals surface area contributed by atoms with Gasteiger partial charge in [-0.2, -0.15) is 0 Å². The van der Waals surface area contributed by atoms with Crippen LogP contribution >= 0.6 is 11.3 Å². The molecule has 0 saturated heterocycles. The van der Waals surface area contributed by atoms with Gasteiger partial charge >= 0.3 is 17.6 Å². The van der Waals surface area contributed by atoms with E-state index in [-0.39, 0.29) is 21.7 Å². The first kappa shape index (κ1) is 22.3. The first-order chi connectivity index (χ1) is 14.8. The van der Waals surface area contributed by atoms with Gasteiger partial charge in [0, 0.05) is 7.05 Å². The number of aryl methyl sites for hydroxylation is 2. The van der Waals surface area contributed by atoms with E-state index >= 15 is 0 Å². The highest BCUT2D eigenvalue weighted by Crippen LogP contribution is 2.31. The number of fused-ring (bicyclic) bond motifs is 1. The Morgan fingerprint density at radius 3 is 2.52 bits per heavy atom. The number of aromatic nitrogens is 2. The van der Waals surface area contributed by atoms with Gasteiger partial charge in [-0.1, -0.05) is 18.2 Å². The summed E-state index contributed by atoms with van der Waals surface area (Å²) in [5.41, 5.74) is -0.0183. The van der Waals surface area contributed by atoms with E-state index in [1.54, 1.807) is 14.0 Å². The number of rotatable bonds is 8. The van der Waals surface area contributed by atoms with E-state index in [9.17, 15) is 24.3 Å². The Morgan fingerprint density at radius 2 is 1.87 bits per heavy atom. The summed E-state index contributed by atoms with van der Waals surface area (Å²) in [6.45, 7) is 1.18. The molecule has 0 aliphatic carbocycles. The Labute approximate surface area is 181 Å². The van der Waals surface area contributed by atoms with Crippen LogP contribution in [0, 0.1) is 0 Å². The molecule has 2 aromatic heterocycles. The summed E-state index contributed by atoms with van der Waals surface area (Å²) in [6, 6.07) is 7.40. The van der Waals surface area contributed by atoms with Crippen LogP contribution in [-0.4, -0.2) is 39.9 Å². The quantitative estimate of drug-likeness (QED) is 0.525. The smallest absolute Gasteiger partial charge is 0.348 e. The predicted octanol–water partition coefficient (Wildman–Crippen LogP) is 1.82. The lowest BCUT2D eigenvalue weighted by Crippen LogP contribution is -2.39. The summed E-state index contributed by atoms with van der Waals surface area (Å²) < 4.78 is 12.4. The summed E-state index contributed by atoms with van der Waals surface area (Å²) in [7, 11) is 2.84. The number of hydrogen-bond donors (Lipinski definition) is 1. The van der Waals surface area contributed by atoms with Gasteiger partial charge in [0.25, 0.3) is 5.56 Å². The maximum Gasteiger partial charge on any atom is 0.348 e. The molecule has 0 atom stereocenters. The van der Waals surface area contributed by atoms with E-state index < -0.39 is 29.7 Å². The highest BCUT2D eigenvalue weighted by molar-refractivity contribution is 7.20. The minimum absolute atomic E-state index is 0.138. The topological polar surface area (TPSA) is 117 Å². The van der Waals surface area contributed by atoms with Gasteiger partial charge in [0.1, 0.15) is 22.0 Å². The lowest BCUT2D eigenvalue weighted by Gasteiger charge is -2.10. The molecule has 0 radical (unpaired) electrons. The second-order valence-electron chi connectivity index (χ2n) is 6.75. The number of esters is 1. The summed E-state index contributed by atoms with van der Waals surface area (Å²) >= 11 is 0.903. The molecule has 3 rings (SSSR count). The van der Waals surface area contributed by atoms with Crippen molar-refractivity contribution in [1.29, 1.82) is 0 Å². The van der Waals surface area contributed by atoms with Crippen LogP contribution in [0.4, 0.5) is 0 Å². The van der Waals surface area contributed by atoms with E-state index in [0.717, 1.165) is 26.0 Å². The normalized spacial score (nSPS) is 10.9. The minimum atomic E-state index is -1.23. The molecule has 1 aromatic carbocycles. The van der Waals surface area contributed by atoms with Crippen molar-refractivity contribution in [3.05, 3.63) is 61.1 Å². The van der Waals surface area contributed by atoms with Crippen molar-refractivity contribution in [3.8, 4) is 5.75 Å². The number of benzene rings is 1. The largest absolute Gasteiger partial charge is 0.496 e. The molecule has 2 heterocycles. The van der Waals surface area contributed by atoms with Crippen LogP contribution < -0.4 is 16.0 Å². The highest BCUT2D eigenvalue weighted by atomic mass is 32.1. The van der Waals surface area contributed by atoms with Crippen molar-refractivity contribution in [2.45, 2.75) is 26.3 Å². The molecule has 31 heavy (non-hydrogen) atoms. The predicted molar refractivity (Wildman–Crippen MR) is 115 cm³/mol. The number of thiophene rings is 1. The van der Waals surface area contributed by atoms with Gasteiger partial charge in [-0.3, -0.25) is 18.7 Å². The van der Waals surface area contributed by atoms with Gasteiger partial charge in [0.2, 0.25) is 0 Å². The van der Waals surface area contributed by atoms with Gasteiger partial charge < -0.3 is 14.6 Å². The fraction of sp³-hybridized carbons (Fsp3) is 0.333. The lowest BCUT2D eigenvalue weighted by molar-refractivity contribution is -0.137. The van der Waals surface area contributed by atoms with Crippen molar-refractivity contribution in [1.82, 2.24) is 9.13 Å². The SMILES string of the molecule is CCOC(=O)c1sc2c(c1CCc1ccccc1OC)c(=O)n(C)c(=O)n2CC(=O)O. The second kappa shape index (κ2) is 9.17. The molecule has 3 aromatic rings. The number of ether oxygens (including phenoxy) is 2. The van der Waals surface area contributed by atoms with Gasteiger partial charge in [-0.05, 0) is 37.0 Å². The third kappa shape index (κ3) is 4.24. The number of hydrogen-bond acceptors (Lipinski definition) is 7. The Kier molecular flexibility index (Phi) is 6.59. The second-order valence-corrected chi connectivity index (χ2v) is 7.75. The van der Waals surface area contributed by atoms with Crippen LogP contribution in [0.15, 0.2) is 33.9 Å². The zero-order valence-electron chi connectivity index (χ0n) is 17.3. The molecule has 0 fully saturated rings. The molecule has 1 N–H and O–H groups in total. The maximum atomic E-state index is 13.0. The molecule has 0 bridgehead atoms. The summed E-state index contributed by atoms with van der Waals surface area (Å²) in [5.74, 6) is -1.17. The summed E-state index contributed by atoms with van der Waals surface area (Å²) in [4.78, 5) is 49.8. The van der Waals surface area contributed by atoms with Crippen LogP contribution in [0.5, 0.6) is 5.75 Å². The van der Waals surface area contributed by atoms with Crippen molar-refractivity contribution < 1.29 is 24.2 Å². The van der Waals surface area contributed by atoms with Crippen LogP contribution in [0.1, 0.15) is 27.7 Å². The molecule has 0 amide bonds. The van der Waals surface area contributed by atoms with Gasteiger partial charge in [0.05, 0.1) is 19.1 Å². The van der Waals surface area contributed by atoms with Crippen molar-refractivity contribution in [2.24, 2.45) is 7.05 Å². The van der Waals surface area contributed by atoms with Crippen molar-refractivity contribution in [2.75, 3.05) is 13.7 Å². The first-order valence-electron chi connectivity index (χ1n) is 9.56. The summed E-state index contributed by atoms with van der Waals surface area (Å²) in [5, 5.41) is 9.40. The molecule has 164 valence electrons. The van der Waals surface area contributed by atoms with Gasteiger partial charge in [0.15, 0.2) is 0 Å². The monoisotopic (exact) mass is 446 g/mol. The Balaban J connectivity index is 2.24. The number of carbonyl (C=O) groups is 2. The fourth-order valence-electron chi connectivity index (χ4n) is 3.43. The van der Waals surface area contributed by atoms with Crippen LogP contribution in [-0.2, 0) is 36.0 Å². The molecule has 0 spiro atoms. The maximum absolute atomic E-state index is 13.0. The number of carboxylic acids is 1. The van der Waals surface area contributed by atoms with E-state index in [4.69, 9.17) is 9.47 Å². The van der Waals surface area contributed by atoms with Crippen LogP contribution in [0.25, 0.3) is 10.2 Å². The highest BCUT2D eigenvalue weighted by Gasteiger charge is 2.26. The Hall–Kier alpha value is -3.40. The number of nitrogens with zero attached hydrogens (tertiary/aromatic N) is 2. The average molecular weight is 446 g/mol. The summed E-state index contributed by atoms with van der Waals surface area (Å²) in [6.07, 6.45) is 0.762. The zero-order chi connectivity index (χ0) is 22.7. The average Bonchev–Trinajstić information content (AvgIpc) is 3.13. The number of methoxy groups -OCH3 is 1. The molecule has 0 unspecified atom stereocenters. The van der Waals surface area contributed by atoms with Gasteiger partial charge in [-0.25, -0.2) is 9.59 Å². The zero-order valence-corrected chi connectivity index (χ0v) is 18.2. The Bertz CT molecular complexity index is 1270. The van der Waals surface area contributed by atoms with Gasteiger partial charge in [-0.15, -0.1) is 11.3 Å². The fourth-order valence-corrected chi connectivity index (χ4v) is 4.66. The van der Waals surface area contributed by atoms with Crippen molar-refractivity contribution >= 4 is 33.5 Å². The third-order valence-electron chi connectivity index (χ3n) is 4.86. The van der Waals surface area contributed by atoms with E-state index in [0.29, 0.717) is 24.2 Å². The number of carbonyl (C=O) groups excluding carboxylic acids is 1. The van der Waals surface area contributed by atoms with E-state index in [1.807, 2.05) is 24.3 Å². The Morgan fingerprint density at radius 1 is 1.16 bits per heavy atom. The molecule has 0 saturated carbocycles. The van der Waals surface area contributed by atoms with Crippen LogP contribution in [0.2, 0.25) is 0 Å². The van der Waals surface area contributed by atoms with Crippen molar-refractivity contribution in [3.63, 3.8) is 0 Å². The van der Waals surface area contributed by atoms with Crippen LogP contribution in [0.3, 0.4) is 0 Å². The number of carboxylic acid groups (broad SMARTS) is 1. The molecule has 9 nitrogen and oxygen atoms in total. The number of aliphatic carboxylic acids is 1. The minimum Gasteiger partial charge on any atom is -0.496 e. The molecule has 10 heteroatoms. The molecule has 0 aliphatic rings. The number of para-hydroxylation sites is 1. The molecule has 0 aliphatic heterocycles. The van der Waals surface area contributed by atoms with E-state index in [1.165, 1.54) is 7.05 Å². The lowest BCUT2D eigenvalue weighted by atomic mass is 10.0. The molecular weight excluding hydrogens is 424 g/mol. The molecular formula is C21H22N2O7S. The van der Waals surface area contributed by atoms with E-state index in [2.05, 4.69) is 0 Å². The third-order valence-corrected chi connectivity index (χ3v) is 6.10.